The molecule has 0 bridgehead atoms. The van der Waals surface area contributed by atoms with Crippen LogP contribution in [0.2, 0.25) is 5.02 Å². The van der Waals surface area contributed by atoms with Crippen LogP contribution in [0.15, 0.2) is 106 Å². The Hall–Kier alpha value is -2.49. The van der Waals surface area contributed by atoms with E-state index in [0.717, 1.165) is 16.2 Å². The number of aliphatic imine (C=N–C) groups is 1. The fourth-order valence-electron chi connectivity index (χ4n) is 2.13. The molecule has 0 heterocycles. The molecule has 0 fully saturated rings. The third-order valence-electron chi connectivity index (χ3n) is 3.47. The Balaban J connectivity index is 1.86. The van der Waals surface area contributed by atoms with E-state index in [4.69, 9.17) is 16.3 Å². The van der Waals surface area contributed by atoms with Gasteiger partial charge in [-0.05, 0) is 60.9 Å². The molecule has 0 aromatic heterocycles. The summed E-state index contributed by atoms with van der Waals surface area (Å²) in [7, 11) is 0. The molecular weight excluding hydrogens is 362 g/mol. The SMILES string of the molecule is CC(=C\Sc1ccccc1)/C(=N\c1ccccc1)Oc1ccc(Cl)cc1. The van der Waals surface area contributed by atoms with Crippen LogP contribution in [-0.2, 0) is 0 Å². The maximum atomic E-state index is 6.03. The molecule has 130 valence electrons. The number of thioether (sulfide) groups is 1. The van der Waals surface area contributed by atoms with Gasteiger partial charge in [0.1, 0.15) is 5.75 Å². The number of para-hydroxylation sites is 1. The van der Waals surface area contributed by atoms with Gasteiger partial charge in [0.05, 0.1) is 5.69 Å². The van der Waals surface area contributed by atoms with Crippen LogP contribution in [-0.4, -0.2) is 5.90 Å². The average molecular weight is 380 g/mol. The molecule has 0 aliphatic heterocycles. The van der Waals surface area contributed by atoms with Gasteiger partial charge in [-0.3, -0.25) is 0 Å². The molecule has 0 amide bonds. The highest BCUT2D eigenvalue weighted by atomic mass is 35.5. The van der Waals surface area contributed by atoms with Crippen molar-refractivity contribution >= 4 is 34.9 Å². The standard InChI is InChI=1S/C22H18ClNOS/c1-17(16-26-21-10-6-3-7-11-21)22(24-19-8-4-2-5-9-19)25-20-14-12-18(23)13-15-20/h2-16H,1H3/b17-16+,24-22+. The van der Waals surface area contributed by atoms with E-state index < -0.39 is 0 Å². The van der Waals surface area contributed by atoms with E-state index in [1.54, 1.807) is 23.9 Å². The van der Waals surface area contributed by atoms with Crippen molar-refractivity contribution < 1.29 is 4.74 Å². The molecule has 26 heavy (non-hydrogen) atoms. The summed E-state index contributed by atoms with van der Waals surface area (Å²) in [5, 5.41) is 2.72. The van der Waals surface area contributed by atoms with Gasteiger partial charge < -0.3 is 4.74 Å². The maximum absolute atomic E-state index is 6.03. The summed E-state index contributed by atoms with van der Waals surface area (Å²) in [4.78, 5) is 5.83. The number of nitrogens with zero attached hydrogens (tertiary/aromatic N) is 1. The predicted octanol–water partition coefficient (Wildman–Crippen LogP) is 7.15. The van der Waals surface area contributed by atoms with Crippen LogP contribution in [0.3, 0.4) is 0 Å². The van der Waals surface area contributed by atoms with Crippen molar-refractivity contribution in [3.63, 3.8) is 0 Å². The Morgan fingerprint density at radius 2 is 1.50 bits per heavy atom. The van der Waals surface area contributed by atoms with E-state index in [-0.39, 0.29) is 0 Å². The molecule has 0 N–H and O–H groups in total. The van der Waals surface area contributed by atoms with Crippen LogP contribution in [0.25, 0.3) is 0 Å². The summed E-state index contributed by atoms with van der Waals surface area (Å²) < 4.78 is 6.03. The van der Waals surface area contributed by atoms with Crippen molar-refractivity contribution in [2.24, 2.45) is 4.99 Å². The maximum Gasteiger partial charge on any atom is 0.223 e. The summed E-state index contributed by atoms with van der Waals surface area (Å²) >= 11 is 7.59. The normalized spacial score (nSPS) is 12.1. The smallest absolute Gasteiger partial charge is 0.223 e. The minimum Gasteiger partial charge on any atom is -0.439 e. The fourth-order valence-corrected chi connectivity index (χ4v) is 2.99. The van der Waals surface area contributed by atoms with E-state index in [9.17, 15) is 0 Å². The Morgan fingerprint density at radius 1 is 0.885 bits per heavy atom. The number of rotatable bonds is 5. The van der Waals surface area contributed by atoms with Gasteiger partial charge in [0.25, 0.3) is 0 Å². The Kier molecular flexibility index (Phi) is 6.53. The van der Waals surface area contributed by atoms with Crippen molar-refractivity contribution in [2.75, 3.05) is 0 Å². The van der Waals surface area contributed by atoms with E-state index in [1.807, 2.05) is 73.0 Å². The minimum atomic E-state index is 0.557. The van der Waals surface area contributed by atoms with Crippen molar-refractivity contribution in [1.82, 2.24) is 0 Å². The van der Waals surface area contributed by atoms with E-state index in [2.05, 4.69) is 17.1 Å². The molecule has 0 aliphatic rings. The lowest BCUT2D eigenvalue weighted by atomic mass is 10.3. The fraction of sp³-hybridized carbons (Fsp3) is 0.0455. The first kappa shape index (κ1) is 18.3. The molecule has 3 rings (SSSR count). The average Bonchev–Trinajstić information content (AvgIpc) is 2.69. The molecule has 0 unspecified atom stereocenters. The van der Waals surface area contributed by atoms with Crippen LogP contribution < -0.4 is 4.74 Å². The highest BCUT2D eigenvalue weighted by Gasteiger charge is 2.07. The van der Waals surface area contributed by atoms with Crippen molar-refractivity contribution in [3.8, 4) is 5.75 Å². The Morgan fingerprint density at radius 3 is 2.15 bits per heavy atom. The van der Waals surface area contributed by atoms with Gasteiger partial charge in [0.15, 0.2) is 0 Å². The molecule has 0 radical (unpaired) electrons. The van der Waals surface area contributed by atoms with E-state index in [0.29, 0.717) is 16.7 Å². The van der Waals surface area contributed by atoms with E-state index in [1.165, 1.54) is 0 Å². The molecular formula is C22H18ClNOS. The first-order valence-electron chi connectivity index (χ1n) is 8.17. The molecule has 0 aliphatic carbocycles. The van der Waals surface area contributed by atoms with Crippen LogP contribution in [0, 0.1) is 0 Å². The zero-order valence-electron chi connectivity index (χ0n) is 14.3. The molecule has 3 aromatic rings. The monoisotopic (exact) mass is 379 g/mol. The number of hydrogen-bond donors (Lipinski definition) is 0. The highest BCUT2D eigenvalue weighted by Crippen LogP contribution is 2.23. The van der Waals surface area contributed by atoms with Gasteiger partial charge in [0.2, 0.25) is 5.90 Å². The number of halogens is 1. The lowest BCUT2D eigenvalue weighted by molar-refractivity contribution is 0.551. The second-order valence-electron chi connectivity index (χ2n) is 5.54. The first-order valence-corrected chi connectivity index (χ1v) is 9.42. The zero-order valence-corrected chi connectivity index (χ0v) is 15.9. The molecule has 4 heteroatoms. The quantitative estimate of drug-likeness (QED) is 0.267. The van der Waals surface area contributed by atoms with Crippen molar-refractivity contribution in [1.29, 1.82) is 0 Å². The summed E-state index contributed by atoms with van der Waals surface area (Å²) in [5.41, 5.74) is 1.78. The zero-order chi connectivity index (χ0) is 18.2. The van der Waals surface area contributed by atoms with Gasteiger partial charge in [-0.25, -0.2) is 4.99 Å². The van der Waals surface area contributed by atoms with Gasteiger partial charge >= 0.3 is 0 Å². The van der Waals surface area contributed by atoms with Crippen LogP contribution >= 0.6 is 23.4 Å². The summed E-state index contributed by atoms with van der Waals surface area (Å²) in [5.74, 6) is 1.25. The predicted molar refractivity (Wildman–Crippen MR) is 112 cm³/mol. The third-order valence-corrected chi connectivity index (χ3v) is 4.74. The summed E-state index contributed by atoms with van der Waals surface area (Å²) in [6.07, 6.45) is 0. The molecule has 0 atom stereocenters. The molecule has 0 saturated heterocycles. The molecule has 2 nitrogen and oxygen atoms in total. The van der Waals surface area contributed by atoms with Gasteiger partial charge in [-0.1, -0.05) is 59.8 Å². The molecule has 3 aromatic carbocycles. The summed E-state index contributed by atoms with van der Waals surface area (Å²) in [6, 6.07) is 27.2. The van der Waals surface area contributed by atoms with E-state index >= 15 is 0 Å². The number of hydrogen-bond acceptors (Lipinski definition) is 3. The second-order valence-corrected chi connectivity index (χ2v) is 6.92. The Labute approximate surface area is 163 Å². The second kappa shape index (κ2) is 9.27. The van der Waals surface area contributed by atoms with Gasteiger partial charge in [0, 0.05) is 15.5 Å². The lowest BCUT2D eigenvalue weighted by Crippen LogP contribution is -2.09. The van der Waals surface area contributed by atoms with Crippen LogP contribution in [0.1, 0.15) is 6.92 Å². The van der Waals surface area contributed by atoms with Crippen molar-refractivity contribution in [2.45, 2.75) is 11.8 Å². The number of benzene rings is 3. The minimum absolute atomic E-state index is 0.557. The van der Waals surface area contributed by atoms with Gasteiger partial charge in [-0.2, -0.15) is 0 Å². The van der Waals surface area contributed by atoms with Gasteiger partial charge in [-0.15, -0.1) is 0 Å². The molecule has 0 saturated carbocycles. The number of ether oxygens (including phenoxy) is 1. The third kappa shape index (κ3) is 5.51. The first-order chi connectivity index (χ1) is 12.7. The largest absolute Gasteiger partial charge is 0.439 e. The lowest BCUT2D eigenvalue weighted by Gasteiger charge is -2.10. The summed E-state index contributed by atoms with van der Waals surface area (Å²) in [6.45, 7) is 1.99. The highest BCUT2D eigenvalue weighted by molar-refractivity contribution is 8.02. The van der Waals surface area contributed by atoms with Crippen LogP contribution in [0.5, 0.6) is 5.75 Å². The van der Waals surface area contributed by atoms with Crippen molar-refractivity contribution in [3.05, 3.63) is 101 Å². The van der Waals surface area contributed by atoms with Crippen LogP contribution in [0.4, 0.5) is 5.69 Å². The topological polar surface area (TPSA) is 21.6 Å². The Bertz CT molecular complexity index is 890. The molecule has 0 spiro atoms.